The topological polar surface area (TPSA) is 79.9 Å². The van der Waals surface area contributed by atoms with Crippen molar-refractivity contribution in [2.75, 3.05) is 50.7 Å². The molecule has 0 spiro atoms. The molecule has 0 atom stereocenters. The quantitative estimate of drug-likeness (QED) is 0.655. The molecule has 2 N–H and O–H groups in total. The van der Waals surface area contributed by atoms with Gasteiger partial charge in [-0.2, -0.15) is 11.8 Å². The van der Waals surface area contributed by atoms with Crippen LogP contribution in [0.2, 0.25) is 0 Å². The molecule has 2 aromatic rings. The van der Waals surface area contributed by atoms with Crippen molar-refractivity contribution in [1.29, 1.82) is 0 Å². The summed E-state index contributed by atoms with van der Waals surface area (Å²) in [5.74, 6) is 3.53. The molecule has 166 valence electrons. The summed E-state index contributed by atoms with van der Waals surface area (Å²) in [6, 6.07) is 12.8. The monoisotopic (exact) mass is 443 g/mol. The molecule has 1 saturated heterocycles. The summed E-state index contributed by atoms with van der Waals surface area (Å²) in [5, 5.41) is 5.67. The molecule has 1 heterocycles. The van der Waals surface area contributed by atoms with Crippen molar-refractivity contribution in [3.63, 3.8) is 0 Å². The molecule has 0 unspecified atom stereocenters. The Balaban J connectivity index is 1.42. The summed E-state index contributed by atoms with van der Waals surface area (Å²) in [6.45, 7) is 2.14. The molecule has 0 aromatic heterocycles. The molecule has 2 aromatic carbocycles. The van der Waals surface area contributed by atoms with Crippen molar-refractivity contribution >= 4 is 29.4 Å². The predicted octanol–water partition coefficient (Wildman–Crippen LogP) is 3.19. The molecule has 7 nitrogen and oxygen atoms in total. The second-order valence-corrected chi connectivity index (χ2v) is 8.41. The van der Waals surface area contributed by atoms with E-state index in [9.17, 15) is 9.59 Å². The maximum atomic E-state index is 12.4. The molecule has 8 heteroatoms. The normalized spacial score (nSPS) is 13.4. The summed E-state index contributed by atoms with van der Waals surface area (Å²) in [4.78, 5) is 26.5. The SMILES string of the molecule is COc1ccc(CCNC(=O)Nc2ccc(CC(=O)N3CCSCC3)cc2)cc1OC. The van der Waals surface area contributed by atoms with Gasteiger partial charge in [0.1, 0.15) is 0 Å². The second kappa shape index (κ2) is 11.5. The van der Waals surface area contributed by atoms with E-state index in [0.29, 0.717) is 36.6 Å². The number of anilines is 1. The Morgan fingerprint density at radius 3 is 2.32 bits per heavy atom. The van der Waals surface area contributed by atoms with E-state index < -0.39 is 0 Å². The van der Waals surface area contributed by atoms with Crippen LogP contribution in [0.5, 0.6) is 11.5 Å². The third-order valence-corrected chi connectivity index (χ3v) is 6.02. The van der Waals surface area contributed by atoms with Gasteiger partial charge in [0.25, 0.3) is 0 Å². The fourth-order valence-corrected chi connectivity index (χ4v) is 4.24. The van der Waals surface area contributed by atoms with E-state index >= 15 is 0 Å². The van der Waals surface area contributed by atoms with E-state index in [4.69, 9.17) is 9.47 Å². The number of urea groups is 1. The van der Waals surface area contributed by atoms with Gasteiger partial charge in [0.05, 0.1) is 20.6 Å². The minimum atomic E-state index is -0.268. The first-order chi connectivity index (χ1) is 15.1. The van der Waals surface area contributed by atoms with Gasteiger partial charge in [0, 0.05) is 36.8 Å². The van der Waals surface area contributed by atoms with Crippen LogP contribution >= 0.6 is 11.8 Å². The highest BCUT2D eigenvalue weighted by molar-refractivity contribution is 7.99. The number of hydrogen-bond acceptors (Lipinski definition) is 5. The first-order valence-electron chi connectivity index (χ1n) is 10.3. The largest absolute Gasteiger partial charge is 0.493 e. The van der Waals surface area contributed by atoms with Crippen LogP contribution in [0, 0.1) is 0 Å². The number of nitrogens with zero attached hydrogens (tertiary/aromatic N) is 1. The zero-order valence-corrected chi connectivity index (χ0v) is 18.8. The van der Waals surface area contributed by atoms with E-state index in [1.807, 2.05) is 59.1 Å². The van der Waals surface area contributed by atoms with E-state index in [1.54, 1.807) is 14.2 Å². The van der Waals surface area contributed by atoms with Crippen LogP contribution in [0.4, 0.5) is 10.5 Å². The fraction of sp³-hybridized carbons (Fsp3) is 0.391. The lowest BCUT2D eigenvalue weighted by Gasteiger charge is -2.26. The molecule has 0 saturated carbocycles. The van der Waals surface area contributed by atoms with Crippen molar-refractivity contribution in [2.24, 2.45) is 0 Å². The third-order valence-electron chi connectivity index (χ3n) is 5.08. The lowest BCUT2D eigenvalue weighted by molar-refractivity contribution is -0.130. The van der Waals surface area contributed by atoms with Gasteiger partial charge in [0.2, 0.25) is 5.91 Å². The Bertz CT molecular complexity index is 883. The molecular weight excluding hydrogens is 414 g/mol. The van der Waals surface area contributed by atoms with Crippen LogP contribution in [0.25, 0.3) is 0 Å². The summed E-state index contributed by atoms with van der Waals surface area (Å²) >= 11 is 1.89. The highest BCUT2D eigenvalue weighted by Crippen LogP contribution is 2.27. The van der Waals surface area contributed by atoms with Crippen molar-refractivity contribution in [2.45, 2.75) is 12.8 Å². The Labute approximate surface area is 187 Å². The third kappa shape index (κ3) is 6.82. The number of thioether (sulfide) groups is 1. The van der Waals surface area contributed by atoms with Crippen molar-refractivity contribution in [3.05, 3.63) is 53.6 Å². The molecule has 0 radical (unpaired) electrons. The molecule has 3 rings (SSSR count). The van der Waals surface area contributed by atoms with Crippen molar-refractivity contribution < 1.29 is 19.1 Å². The average Bonchev–Trinajstić information content (AvgIpc) is 2.80. The van der Waals surface area contributed by atoms with E-state index in [0.717, 1.165) is 35.7 Å². The van der Waals surface area contributed by atoms with Crippen LogP contribution in [0.1, 0.15) is 11.1 Å². The van der Waals surface area contributed by atoms with E-state index in [-0.39, 0.29) is 11.9 Å². The van der Waals surface area contributed by atoms with Gasteiger partial charge in [-0.15, -0.1) is 0 Å². The number of methoxy groups -OCH3 is 2. The minimum Gasteiger partial charge on any atom is -0.493 e. The van der Waals surface area contributed by atoms with Gasteiger partial charge in [-0.1, -0.05) is 18.2 Å². The van der Waals surface area contributed by atoms with E-state index in [1.165, 1.54) is 0 Å². The molecule has 0 bridgehead atoms. The number of carbonyl (C=O) groups is 2. The smallest absolute Gasteiger partial charge is 0.319 e. The molecule has 1 fully saturated rings. The number of rotatable bonds is 8. The van der Waals surface area contributed by atoms with E-state index in [2.05, 4.69) is 10.6 Å². The van der Waals surface area contributed by atoms with Gasteiger partial charge < -0.3 is 25.0 Å². The zero-order valence-electron chi connectivity index (χ0n) is 18.0. The number of benzene rings is 2. The van der Waals surface area contributed by atoms with Gasteiger partial charge in [-0.25, -0.2) is 4.79 Å². The highest BCUT2D eigenvalue weighted by atomic mass is 32.2. The Kier molecular flexibility index (Phi) is 8.46. The number of amides is 3. The number of ether oxygens (including phenoxy) is 2. The Hall–Kier alpha value is -2.87. The van der Waals surface area contributed by atoms with Crippen molar-refractivity contribution in [1.82, 2.24) is 10.2 Å². The lowest BCUT2D eigenvalue weighted by atomic mass is 10.1. The lowest BCUT2D eigenvalue weighted by Crippen LogP contribution is -2.38. The molecule has 1 aliphatic rings. The van der Waals surface area contributed by atoms with Gasteiger partial charge in [-0.3, -0.25) is 4.79 Å². The number of carbonyl (C=O) groups excluding carboxylic acids is 2. The summed E-state index contributed by atoms with van der Waals surface area (Å²) in [6.07, 6.45) is 1.06. The Morgan fingerprint density at radius 2 is 1.65 bits per heavy atom. The first-order valence-corrected chi connectivity index (χ1v) is 11.4. The number of hydrogen-bond donors (Lipinski definition) is 2. The first kappa shape index (κ1) is 22.8. The highest BCUT2D eigenvalue weighted by Gasteiger charge is 2.16. The van der Waals surface area contributed by atoms with Crippen LogP contribution in [-0.2, 0) is 17.6 Å². The maximum Gasteiger partial charge on any atom is 0.319 e. The van der Waals surface area contributed by atoms with Gasteiger partial charge >= 0.3 is 6.03 Å². The molecular formula is C23H29N3O4S. The minimum absolute atomic E-state index is 0.161. The second-order valence-electron chi connectivity index (χ2n) is 7.19. The maximum absolute atomic E-state index is 12.4. The average molecular weight is 444 g/mol. The fourth-order valence-electron chi connectivity index (χ4n) is 3.34. The summed E-state index contributed by atoms with van der Waals surface area (Å²) in [7, 11) is 3.20. The van der Waals surface area contributed by atoms with Crippen LogP contribution < -0.4 is 20.1 Å². The summed E-state index contributed by atoms with van der Waals surface area (Å²) in [5.41, 5.74) is 2.68. The zero-order chi connectivity index (χ0) is 22.1. The Morgan fingerprint density at radius 1 is 0.968 bits per heavy atom. The molecule has 31 heavy (non-hydrogen) atoms. The molecule has 0 aliphatic carbocycles. The summed E-state index contributed by atoms with van der Waals surface area (Å²) < 4.78 is 10.5. The standard InChI is InChI=1S/C23H29N3O4S/c1-29-20-8-5-18(15-21(20)30-2)9-10-24-23(28)25-19-6-3-17(4-7-19)16-22(27)26-11-13-31-14-12-26/h3-8,15H,9-14,16H2,1-2H3,(H2,24,25,28). The molecule has 3 amide bonds. The predicted molar refractivity (Wildman–Crippen MR) is 124 cm³/mol. The molecule has 1 aliphatic heterocycles. The van der Waals surface area contributed by atoms with Gasteiger partial charge in [-0.05, 0) is 41.8 Å². The number of nitrogens with one attached hydrogen (secondary N) is 2. The van der Waals surface area contributed by atoms with Crippen molar-refractivity contribution in [3.8, 4) is 11.5 Å². The van der Waals surface area contributed by atoms with Crippen LogP contribution in [0.3, 0.4) is 0 Å². The van der Waals surface area contributed by atoms with Crippen LogP contribution in [-0.4, -0.2) is 62.2 Å². The van der Waals surface area contributed by atoms with Gasteiger partial charge in [0.15, 0.2) is 11.5 Å². The van der Waals surface area contributed by atoms with Crippen LogP contribution in [0.15, 0.2) is 42.5 Å².